The molecule has 6 heteroatoms. The summed E-state index contributed by atoms with van der Waals surface area (Å²) >= 11 is 0. The molecule has 1 rings (SSSR count). The molecule has 0 unspecified atom stereocenters. The summed E-state index contributed by atoms with van der Waals surface area (Å²) in [4.78, 5) is 22.9. The number of carboxylic acids is 1. The number of benzene rings is 1. The van der Waals surface area contributed by atoms with Crippen LogP contribution in [0.4, 0.5) is 4.39 Å². The molecule has 0 saturated carbocycles. The highest BCUT2D eigenvalue weighted by Crippen LogP contribution is 2.21. The molecule has 5 nitrogen and oxygen atoms in total. The summed E-state index contributed by atoms with van der Waals surface area (Å²) in [7, 11) is 0. The largest absolute Gasteiger partial charge is 0.481 e. The number of carbonyl (C=O) groups excluding carboxylic acids is 1. The Morgan fingerprint density at radius 2 is 1.95 bits per heavy atom. The van der Waals surface area contributed by atoms with Gasteiger partial charge in [0.1, 0.15) is 0 Å². The Kier molecular flexibility index (Phi) is 6.34. The molecule has 0 heterocycles. The number of carboxylic acid groups (broad SMARTS) is 1. The Morgan fingerprint density at radius 3 is 2.50 bits per heavy atom. The van der Waals surface area contributed by atoms with E-state index in [9.17, 15) is 14.0 Å². The number of nitrogens with one attached hydrogen (secondary N) is 1. The zero-order chi connectivity index (χ0) is 16.8. The Bertz CT molecular complexity index is 541. The minimum Gasteiger partial charge on any atom is -0.481 e. The van der Waals surface area contributed by atoms with Gasteiger partial charge in [-0.25, -0.2) is 4.39 Å². The Labute approximate surface area is 129 Å². The number of amides is 1. The van der Waals surface area contributed by atoms with Gasteiger partial charge in [-0.2, -0.15) is 0 Å². The first kappa shape index (κ1) is 17.9. The summed E-state index contributed by atoms with van der Waals surface area (Å²) in [5, 5.41) is 11.7. The molecule has 0 atom stereocenters. The zero-order valence-corrected chi connectivity index (χ0v) is 13.1. The molecule has 0 fully saturated rings. The number of halogens is 1. The third-order valence-electron chi connectivity index (χ3n) is 3.69. The molecule has 0 radical (unpaired) electrons. The van der Waals surface area contributed by atoms with Crippen molar-refractivity contribution in [3.63, 3.8) is 0 Å². The second-order valence-corrected chi connectivity index (χ2v) is 5.33. The maximum Gasteiger partial charge on any atom is 0.305 e. The van der Waals surface area contributed by atoms with Crippen LogP contribution in [-0.2, 0) is 9.59 Å². The molecular formula is C16H22FNO4. The smallest absolute Gasteiger partial charge is 0.305 e. The van der Waals surface area contributed by atoms with Gasteiger partial charge in [-0.3, -0.25) is 9.59 Å². The van der Waals surface area contributed by atoms with E-state index in [0.717, 1.165) is 5.56 Å². The predicted molar refractivity (Wildman–Crippen MR) is 80.3 cm³/mol. The van der Waals surface area contributed by atoms with E-state index in [1.807, 2.05) is 13.8 Å². The van der Waals surface area contributed by atoms with Crippen LogP contribution in [-0.4, -0.2) is 29.1 Å². The van der Waals surface area contributed by atoms with Crippen molar-refractivity contribution in [2.75, 3.05) is 6.61 Å². The Hall–Kier alpha value is -2.11. The highest BCUT2D eigenvalue weighted by molar-refractivity contribution is 5.79. The maximum atomic E-state index is 13.5. The fourth-order valence-corrected chi connectivity index (χ4v) is 2.21. The number of rotatable bonds is 8. The Morgan fingerprint density at radius 1 is 1.32 bits per heavy atom. The molecule has 2 N–H and O–H groups in total. The van der Waals surface area contributed by atoms with Crippen molar-refractivity contribution in [2.24, 2.45) is 0 Å². The SMILES string of the molecule is CCC(CC)(CC(=O)O)NC(=O)COc1cc(C)ccc1F. The molecule has 1 aromatic carbocycles. The summed E-state index contributed by atoms with van der Waals surface area (Å²) in [6.45, 7) is 5.06. The van der Waals surface area contributed by atoms with Gasteiger partial charge in [0, 0.05) is 0 Å². The normalized spacial score (nSPS) is 11.1. The quantitative estimate of drug-likeness (QED) is 0.774. The first-order valence-corrected chi connectivity index (χ1v) is 7.23. The van der Waals surface area contributed by atoms with Crippen LogP contribution in [0.5, 0.6) is 5.75 Å². The van der Waals surface area contributed by atoms with Crippen LogP contribution in [0.1, 0.15) is 38.7 Å². The van der Waals surface area contributed by atoms with Crippen LogP contribution in [0.25, 0.3) is 0 Å². The lowest BCUT2D eigenvalue weighted by Crippen LogP contribution is -2.50. The second-order valence-electron chi connectivity index (χ2n) is 5.33. The van der Waals surface area contributed by atoms with Gasteiger partial charge in [-0.05, 0) is 37.5 Å². The first-order chi connectivity index (χ1) is 10.3. The fraction of sp³-hybridized carbons (Fsp3) is 0.500. The average molecular weight is 311 g/mol. The number of aryl methyl sites for hydroxylation is 1. The predicted octanol–water partition coefficient (Wildman–Crippen LogP) is 2.66. The second kappa shape index (κ2) is 7.77. The third-order valence-corrected chi connectivity index (χ3v) is 3.69. The van der Waals surface area contributed by atoms with Gasteiger partial charge in [0.05, 0.1) is 12.0 Å². The lowest BCUT2D eigenvalue weighted by atomic mass is 9.89. The van der Waals surface area contributed by atoms with E-state index >= 15 is 0 Å². The first-order valence-electron chi connectivity index (χ1n) is 7.23. The fourth-order valence-electron chi connectivity index (χ4n) is 2.21. The average Bonchev–Trinajstić information content (AvgIpc) is 2.47. The number of carbonyl (C=O) groups is 2. The van der Waals surface area contributed by atoms with Gasteiger partial charge >= 0.3 is 5.97 Å². The molecule has 0 aliphatic heterocycles. The van der Waals surface area contributed by atoms with Crippen LogP contribution in [0.2, 0.25) is 0 Å². The van der Waals surface area contributed by atoms with E-state index in [1.165, 1.54) is 12.1 Å². The molecule has 122 valence electrons. The van der Waals surface area contributed by atoms with Crippen LogP contribution in [0.3, 0.4) is 0 Å². The van der Waals surface area contributed by atoms with Crippen LogP contribution < -0.4 is 10.1 Å². The molecule has 1 amide bonds. The van der Waals surface area contributed by atoms with Crippen LogP contribution in [0, 0.1) is 12.7 Å². The number of aliphatic carboxylic acids is 1. The van der Waals surface area contributed by atoms with E-state index in [0.29, 0.717) is 12.8 Å². The van der Waals surface area contributed by atoms with Crippen molar-refractivity contribution in [2.45, 2.75) is 45.6 Å². The summed E-state index contributed by atoms with van der Waals surface area (Å²) in [5.41, 5.74) is 0.0105. The number of ether oxygens (including phenoxy) is 1. The standard InChI is InChI=1S/C16H22FNO4/c1-4-16(5-2,9-15(20)21)18-14(19)10-22-13-8-11(3)6-7-12(13)17/h6-8H,4-5,9-10H2,1-3H3,(H,18,19)(H,20,21). The van der Waals surface area contributed by atoms with Crippen molar-refractivity contribution < 1.29 is 23.8 Å². The molecule has 0 aliphatic rings. The Balaban J connectivity index is 2.68. The highest BCUT2D eigenvalue weighted by Gasteiger charge is 2.31. The van der Waals surface area contributed by atoms with Crippen molar-refractivity contribution in [3.05, 3.63) is 29.6 Å². The minimum atomic E-state index is -0.977. The van der Waals surface area contributed by atoms with Crippen molar-refractivity contribution in [1.82, 2.24) is 5.32 Å². The van der Waals surface area contributed by atoms with Gasteiger partial charge in [0.15, 0.2) is 18.2 Å². The highest BCUT2D eigenvalue weighted by atomic mass is 19.1. The van der Waals surface area contributed by atoms with Gasteiger partial charge in [-0.1, -0.05) is 19.9 Å². The molecule has 22 heavy (non-hydrogen) atoms. The van der Waals surface area contributed by atoms with E-state index in [-0.39, 0.29) is 18.8 Å². The summed E-state index contributed by atoms with van der Waals surface area (Å²) in [6.07, 6.45) is 0.811. The topological polar surface area (TPSA) is 75.6 Å². The number of hydrogen-bond acceptors (Lipinski definition) is 3. The zero-order valence-electron chi connectivity index (χ0n) is 13.1. The van der Waals surface area contributed by atoms with Gasteiger partial charge < -0.3 is 15.2 Å². The monoisotopic (exact) mass is 311 g/mol. The van der Waals surface area contributed by atoms with Crippen molar-refractivity contribution in [3.8, 4) is 5.75 Å². The number of hydrogen-bond donors (Lipinski definition) is 2. The molecule has 0 saturated heterocycles. The summed E-state index contributed by atoms with van der Waals surface area (Å²) < 4.78 is 18.7. The molecule has 0 aromatic heterocycles. The van der Waals surface area contributed by atoms with E-state index in [2.05, 4.69) is 5.32 Å². The molecule has 0 spiro atoms. The van der Waals surface area contributed by atoms with Crippen LogP contribution in [0.15, 0.2) is 18.2 Å². The van der Waals surface area contributed by atoms with Crippen molar-refractivity contribution >= 4 is 11.9 Å². The summed E-state index contributed by atoms with van der Waals surface area (Å²) in [5.74, 6) is -1.98. The molecule has 0 bridgehead atoms. The lowest BCUT2D eigenvalue weighted by Gasteiger charge is -2.31. The summed E-state index contributed by atoms with van der Waals surface area (Å²) in [6, 6.07) is 4.39. The van der Waals surface area contributed by atoms with E-state index < -0.39 is 23.2 Å². The lowest BCUT2D eigenvalue weighted by molar-refractivity contribution is -0.139. The molecular weight excluding hydrogens is 289 g/mol. The van der Waals surface area contributed by atoms with Crippen molar-refractivity contribution in [1.29, 1.82) is 0 Å². The van der Waals surface area contributed by atoms with E-state index in [1.54, 1.807) is 13.0 Å². The third kappa shape index (κ3) is 5.02. The van der Waals surface area contributed by atoms with Gasteiger partial charge in [-0.15, -0.1) is 0 Å². The minimum absolute atomic E-state index is 0.00646. The molecule has 1 aromatic rings. The maximum absolute atomic E-state index is 13.5. The van der Waals surface area contributed by atoms with E-state index in [4.69, 9.17) is 9.84 Å². The molecule has 0 aliphatic carbocycles. The van der Waals surface area contributed by atoms with Gasteiger partial charge in [0.25, 0.3) is 5.91 Å². The van der Waals surface area contributed by atoms with Crippen LogP contribution >= 0.6 is 0 Å². The van der Waals surface area contributed by atoms with Gasteiger partial charge in [0.2, 0.25) is 0 Å².